The highest BCUT2D eigenvalue weighted by molar-refractivity contribution is 5.97. The summed E-state index contributed by atoms with van der Waals surface area (Å²) in [5, 5.41) is 19.9. The highest BCUT2D eigenvalue weighted by Gasteiger charge is 2.33. The smallest absolute Gasteiger partial charge is 0.267 e. The molecule has 0 bridgehead atoms. The second-order valence-corrected chi connectivity index (χ2v) is 5.97. The molecule has 0 heterocycles. The largest absolute Gasteiger partial charge is 0.396 e. The minimum atomic E-state index is -1.10. The summed E-state index contributed by atoms with van der Waals surface area (Å²) >= 11 is 0. The van der Waals surface area contributed by atoms with Gasteiger partial charge in [-0.1, -0.05) is 17.9 Å². The zero-order valence-corrected chi connectivity index (χ0v) is 14.2. The molecule has 7 heteroatoms. The van der Waals surface area contributed by atoms with Gasteiger partial charge in [0.05, 0.1) is 0 Å². The van der Waals surface area contributed by atoms with Gasteiger partial charge in [0, 0.05) is 23.3 Å². The predicted molar refractivity (Wildman–Crippen MR) is 93.6 cm³/mol. The van der Waals surface area contributed by atoms with Gasteiger partial charge in [0.25, 0.3) is 11.8 Å². The zero-order chi connectivity index (χ0) is 18.9. The maximum absolute atomic E-state index is 12.3. The van der Waals surface area contributed by atoms with Crippen LogP contribution < -0.4 is 16.5 Å². The van der Waals surface area contributed by atoms with E-state index in [1.54, 1.807) is 50.3 Å². The first-order valence-electron chi connectivity index (χ1n) is 7.70. The van der Waals surface area contributed by atoms with Crippen molar-refractivity contribution in [2.45, 2.75) is 31.8 Å². The summed E-state index contributed by atoms with van der Waals surface area (Å²) in [5.74, 6) is 4.43. The van der Waals surface area contributed by atoms with Gasteiger partial charge in [-0.25, -0.2) is 5.48 Å². The number of carbonyl (C=O) groups is 2. The highest BCUT2D eigenvalue weighted by atomic mass is 16.5. The van der Waals surface area contributed by atoms with Crippen molar-refractivity contribution in [3.63, 3.8) is 0 Å². The number of benzene rings is 1. The Kier molecular flexibility index (Phi) is 7.82. The van der Waals surface area contributed by atoms with Crippen molar-refractivity contribution in [1.29, 1.82) is 0 Å². The van der Waals surface area contributed by atoms with Gasteiger partial charge in [-0.2, -0.15) is 0 Å². The van der Waals surface area contributed by atoms with Crippen LogP contribution in [0.5, 0.6) is 0 Å². The predicted octanol–water partition coefficient (Wildman–Crippen LogP) is 0.318. The second-order valence-electron chi connectivity index (χ2n) is 5.97. The number of nitrogens with one attached hydrogen (secondary N) is 2. The van der Waals surface area contributed by atoms with E-state index in [4.69, 9.17) is 16.0 Å². The van der Waals surface area contributed by atoms with Crippen LogP contribution in [0.3, 0.4) is 0 Å². The highest BCUT2D eigenvalue weighted by Crippen LogP contribution is 2.09. The fraction of sp³-hybridized carbons (Fsp3) is 0.333. The third-order valence-electron chi connectivity index (χ3n) is 3.25. The van der Waals surface area contributed by atoms with Gasteiger partial charge < -0.3 is 16.2 Å². The first-order chi connectivity index (χ1) is 11.8. The Labute approximate surface area is 146 Å². The number of allylic oxidation sites excluding steroid dienone is 1. The molecule has 0 spiro atoms. The monoisotopic (exact) mass is 345 g/mol. The molecule has 1 atom stereocenters. The van der Waals surface area contributed by atoms with Crippen LogP contribution in [-0.4, -0.2) is 40.3 Å². The number of hydroxylamine groups is 1. The molecular weight excluding hydrogens is 322 g/mol. The van der Waals surface area contributed by atoms with E-state index in [2.05, 4.69) is 17.2 Å². The number of hydrogen-bond donors (Lipinski definition) is 5. The van der Waals surface area contributed by atoms with Crippen molar-refractivity contribution >= 4 is 11.8 Å². The molecule has 1 aromatic rings. The number of aliphatic hydroxyl groups excluding tert-OH is 1. The Hall–Kier alpha value is -2.66. The summed E-state index contributed by atoms with van der Waals surface area (Å²) in [7, 11) is 0. The van der Waals surface area contributed by atoms with Gasteiger partial charge in [0.1, 0.15) is 6.04 Å². The van der Waals surface area contributed by atoms with Crippen molar-refractivity contribution in [3.8, 4) is 11.8 Å². The van der Waals surface area contributed by atoms with Crippen molar-refractivity contribution in [1.82, 2.24) is 10.8 Å². The van der Waals surface area contributed by atoms with Crippen LogP contribution in [0.2, 0.25) is 0 Å². The molecule has 0 aliphatic heterocycles. The van der Waals surface area contributed by atoms with Crippen LogP contribution in [0.4, 0.5) is 0 Å². The van der Waals surface area contributed by atoms with Crippen LogP contribution >= 0.6 is 0 Å². The molecule has 0 fully saturated rings. The number of rotatable bonds is 6. The summed E-state index contributed by atoms with van der Waals surface area (Å²) in [6.45, 7) is 3.21. The van der Waals surface area contributed by atoms with E-state index in [0.29, 0.717) is 17.5 Å². The van der Waals surface area contributed by atoms with E-state index in [1.165, 1.54) is 5.48 Å². The summed E-state index contributed by atoms with van der Waals surface area (Å²) < 4.78 is 0. The molecule has 25 heavy (non-hydrogen) atoms. The average molecular weight is 345 g/mol. The van der Waals surface area contributed by atoms with E-state index >= 15 is 0 Å². The second kappa shape index (κ2) is 9.59. The number of carbonyl (C=O) groups excluding carboxylic acids is 2. The van der Waals surface area contributed by atoms with Crippen molar-refractivity contribution in [2.24, 2.45) is 5.73 Å². The maximum Gasteiger partial charge on any atom is 0.267 e. The molecule has 0 saturated heterocycles. The van der Waals surface area contributed by atoms with Crippen LogP contribution in [-0.2, 0) is 4.79 Å². The quantitative estimate of drug-likeness (QED) is 0.288. The normalized spacial score (nSPS) is 12.2. The molecule has 0 radical (unpaired) electrons. The lowest BCUT2D eigenvalue weighted by molar-refractivity contribution is -0.132. The van der Waals surface area contributed by atoms with Gasteiger partial charge in [0.2, 0.25) is 0 Å². The first kappa shape index (κ1) is 20.4. The Balaban J connectivity index is 2.81. The van der Waals surface area contributed by atoms with Crippen molar-refractivity contribution in [2.75, 3.05) is 6.61 Å². The third-order valence-corrected chi connectivity index (χ3v) is 3.25. The third kappa shape index (κ3) is 6.77. The lowest BCUT2D eigenvalue weighted by atomic mass is 9.95. The molecule has 0 aliphatic rings. The van der Waals surface area contributed by atoms with Crippen LogP contribution in [0.15, 0.2) is 36.4 Å². The molecule has 134 valence electrons. The summed E-state index contributed by atoms with van der Waals surface area (Å²) in [4.78, 5) is 23.9. The number of amides is 2. The van der Waals surface area contributed by atoms with Gasteiger partial charge in [-0.3, -0.25) is 14.8 Å². The van der Waals surface area contributed by atoms with Crippen LogP contribution in [0.25, 0.3) is 0 Å². The Morgan fingerprint density at radius 1 is 1.32 bits per heavy atom. The SMILES string of the molecule is CC(C)(N)C(NC(=O)c1ccc(C#CC=CCCO)cc1)C(=O)NO. The van der Waals surface area contributed by atoms with Gasteiger partial charge in [0.15, 0.2) is 0 Å². The molecule has 1 aromatic carbocycles. The lowest BCUT2D eigenvalue weighted by Gasteiger charge is -2.29. The fourth-order valence-corrected chi connectivity index (χ4v) is 1.92. The van der Waals surface area contributed by atoms with Gasteiger partial charge in [-0.05, 0) is 50.6 Å². The summed E-state index contributed by atoms with van der Waals surface area (Å²) in [5.41, 5.74) is 7.36. The standard InChI is InChI=1S/C18H23N3O4/c1-18(2,19)15(17(24)21-25)20-16(23)14-10-8-13(9-11-14)7-5-3-4-6-12-22/h3-4,8-11,15,22,25H,6,12,19H2,1-2H3,(H,20,23)(H,21,24). The molecule has 6 N–H and O–H groups in total. The lowest BCUT2D eigenvalue weighted by Crippen LogP contribution is -2.61. The molecule has 2 amide bonds. The number of nitrogens with two attached hydrogens (primary N) is 1. The Morgan fingerprint density at radius 3 is 2.48 bits per heavy atom. The summed E-state index contributed by atoms with van der Waals surface area (Å²) in [6, 6.07) is 5.41. The zero-order valence-electron chi connectivity index (χ0n) is 14.2. The molecule has 0 aromatic heterocycles. The van der Waals surface area contributed by atoms with Crippen molar-refractivity contribution < 1.29 is 19.9 Å². The molecule has 7 nitrogen and oxygen atoms in total. The van der Waals surface area contributed by atoms with E-state index in [-0.39, 0.29) is 6.61 Å². The Morgan fingerprint density at radius 2 is 1.96 bits per heavy atom. The van der Waals surface area contributed by atoms with Gasteiger partial charge in [-0.15, -0.1) is 0 Å². The van der Waals surface area contributed by atoms with Crippen LogP contribution in [0, 0.1) is 11.8 Å². The van der Waals surface area contributed by atoms with E-state index < -0.39 is 23.4 Å². The first-order valence-corrected chi connectivity index (χ1v) is 7.70. The van der Waals surface area contributed by atoms with Crippen LogP contribution in [0.1, 0.15) is 36.2 Å². The van der Waals surface area contributed by atoms with E-state index in [1.807, 2.05) is 0 Å². The average Bonchev–Trinajstić information content (AvgIpc) is 2.58. The van der Waals surface area contributed by atoms with Gasteiger partial charge >= 0.3 is 0 Å². The van der Waals surface area contributed by atoms with E-state index in [9.17, 15) is 9.59 Å². The molecule has 0 saturated carbocycles. The number of hydrogen-bond acceptors (Lipinski definition) is 5. The molecular formula is C18H23N3O4. The minimum absolute atomic E-state index is 0.0803. The molecule has 0 aliphatic carbocycles. The fourth-order valence-electron chi connectivity index (χ4n) is 1.92. The number of aliphatic hydroxyl groups is 1. The molecule has 1 rings (SSSR count). The topological polar surface area (TPSA) is 125 Å². The molecule has 1 unspecified atom stereocenters. The van der Waals surface area contributed by atoms with Crippen molar-refractivity contribution in [3.05, 3.63) is 47.5 Å². The minimum Gasteiger partial charge on any atom is -0.396 e. The maximum atomic E-state index is 12.3. The van der Waals surface area contributed by atoms with E-state index in [0.717, 1.165) is 0 Å². The Bertz CT molecular complexity index is 679. The summed E-state index contributed by atoms with van der Waals surface area (Å²) in [6.07, 6.45) is 3.96.